The van der Waals surface area contributed by atoms with E-state index in [1.165, 1.54) is 9.75 Å². The van der Waals surface area contributed by atoms with Crippen LogP contribution in [0.4, 0.5) is 0 Å². The van der Waals surface area contributed by atoms with Crippen LogP contribution < -0.4 is 5.32 Å². The molecule has 5 nitrogen and oxygen atoms in total. The first kappa shape index (κ1) is 14.1. The van der Waals surface area contributed by atoms with Crippen LogP contribution in [0.15, 0.2) is 12.1 Å². The summed E-state index contributed by atoms with van der Waals surface area (Å²) in [6.07, 6.45) is 1.09. The van der Waals surface area contributed by atoms with E-state index in [9.17, 15) is 0 Å². The first-order valence-electron chi connectivity index (χ1n) is 6.72. The topological polar surface area (TPSA) is 55.6 Å². The van der Waals surface area contributed by atoms with E-state index >= 15 is 0 Å². The van der Waals surface area contributed by atoms with Gasteiger partial charge >= 0.3 is 0 Å². The minimum absolute atomic E-state index is 0.633. The quantitative estimate of drug-likeness (QED) is 0.843. The average Bonchev–Trinajstić information content (AvgIpc) is 2.99. The second-order valence-corrected chi connectivity index (χ2v) is 6.25. The summed E-state index contributed by atoms with van der Waals surface area (Å²) in [5.41, 5.74) is 0. The van der Waals surface area contributed by atoms with Gasteiger partial charge in [-0.2, -0.15) is 0 Å². The summed E-state index contributed by atoms with van der Waals surface area (Å²) in [6.45, 7) is 9.01. The van der Waals surface area contributed by atoms with Crippen molar-refractivity contribution in [2.24, 2.45) is 5.92 Å². The summed E-state index contributed by atoms with van der Waals surface area (Å²) in [5.74, 6) is 1.53. The summed E-state index contributed by atoms with van der Waals surface area (Å²) in [4.78, 5) is 2.71. The largest absolute Gasteiger partial charge is 0.310 e. The highest BCUT2D eigenvalue weighted by Gasteiger charge is 2.08. The van der Waals surface area contributed by atoms with Crippen LogP contribution in [0, 0.1) is 5.92 Å². The van der Waals surface area contributed by atoms with Gasteiger partial charge in [0.15, 0.2) is 5.82 Å². The fraction of sp³-hybridized carbons (Fsp3) is 0.615. The van der Waals surface area contributed by atoms with Crippen LogP contribution in [0.25, 0.3) is 0 Å². The lowest BCUT2D eigenvalue weighted by Gasteiger charge is -2.07. The maximum absolute atomic E-state index is 4.08. The molecule has 0 aromatic carbocycles. The molecule has 0 fully saturated rings. The summed E-state index contributed by atoms with van der Waals surface area (Å²) >= 11 is 1.83. The van der Waals surface area contributed by atoms with Gasteiger partial charge in [0.2, 0.25) is 0 Å². The van der Waals surface area contributed by atoms with E-state index in [1.54, 1.807) is 0 Å². The molecule has 0 saturated carbocycles. The second kappa shape index (κ2) is 6.77. The molecule has 0 aliphatic heterocycles. The number of hydrogen-bond donors (Lipinski definition) is 1. The van der Waals surface area contributed by atoms with E-state index < -0.39 is 0 Å². The predicted molar refractivity (Wildman–Crippen MR) is 77.2 cm³/mol. The van der Waals surface area contributed by atoms with Crippen molar-refractivity contribution in [2.75, 3.05) is 6.54 Å². The molecular formula is C13H21N5S. The molecule has 1 N–H and O–H groups in total. The van der Waals surface area contributed by atoms with Crippen LogP contribution in [0.5, 0.6) is 0 Å². The minimum Gasteiger partial charge on any atom is -0.310 e. The molecule has 19 heavy (non-hydrogen) atoms. The third-order valence-corrected chi connectivity index (χ3v) is 4.03. The number of tetrazole rings is 1. The summed E-state index contributed by atoms with van der Waals surface area (Å²) in [6, 6.07) is 4.34. The molecule has 104 valence electrons. The zero-order valence-corrected chi connectivity index (χ0v) is 12.6. The molecule has 2 heterocycles. The van der Waals surface area contributed by atoms with Gasteiger partial charge in [-0.25, -0.2) is 4.68 Å². The molecule has 2 aromatic heterocycles. The van der Waals surface area contributed by atoms with E-state index in [-0.39, 0.29) is 0 Å². The molecule has 0 saturated heterocycles. The van der Waals surface area contributed by atoms with Crippen molar-refractivity contribution >= 4 is 11.3 Å². The van der Waals surface area contributed by atoms with Gasteiger partial charge in [0.1, 0.15) is 0 Å². The molecule has 0 atom stereocenters. The van der Waals surface area contributed by atoms with E-state index in [1.807, 2.05) is 16.0 Å². The van der Waals surface area contributed by atoms with Gasteiger partial charge in [-0.15, -0.1) is 16.4 Å². The molecule has 0 unspecified atom stereocenters. The third kappa shape index (κ3) is 4.11. The Morgan fingerprint density at radius 1 is 1.32 bits per heavy atom. The third-order valence-electron chi connectivity index (χ3n) is 2.81. The van der Waals surface area contributed by atoms with Crippen LogP contribution >= 0.6 is 11.3 Å². The van der Waals surface area contributed by atoms with Gasteiger partial charge in [-0.3, -0.25) is 0 Å². The van der Waals surface area contributed by atoms with Crippen molar-refractivity contribution in [3.63, 3.8) is 0 Å². The lowest BCUT2D eigenvalue weighted by Crippen LogP contribution is -2.21. The van der Waals surface area contributed by atoms with Gasteiger partial charge in [-0.1, -0.05) is 20.8 Å². The summed E-state index contributed by atoms with van der Waals surface area (Å²) in [7, 11) is 0. The Morgan fingerprint density at radius 3 is 2.79 bits per heavy atom. The molecule has 2 rings (SSSR count). The fourth-order valence-electron chi connectivity index (χ4n) is 1.79. The predicted octanol–water partition coefficient (Wildman–Crippen LogP) is 2.09. The number of aryl methyl sites for hydroxylation is 1. The number of hydrogen-bond acceptors (Lipinski definition) is 5. The number of nitrogens with one attached hydrogen (secondary N) is 1. The standard InChI is InChI=1S/C13H21N5S/c1-4-11-5-6-12(19-11)9-18-13(15-16-17-18)8-14-7-10(2)3/h5-6,10,14H,4,7-9H2,1-3H3. The molecule has 0 spiro atoms. The highest BCUT2D eigenvalue weighted by atomic mass is 32.1. The lowest BCUT2D eigenvalue weighted by atomic mass is 10.2. The number of aromatic nitrogens is 4. The smallest absolute Gasteiger partial charge is 0.165 e. The van der Waals surface area contributed by atoms with Crippen LogP contribution in [0.1, 0.15) is 36.3 Å². The number of thiophene rings is 1. The molecule has 0 bridgehead atoms. The monoisotopic (exact) mass is 279 g/mol. The normalized spacial score (nSPS) is 11.4. The van der Waals surface area contributed by atoms with Gasteiger partial charge in [0.25, 0.3) is 0 Å². The highest BCUT2D eigenvalue weighted by molar-refractivity contribution is 7.11. The van der Waals surface area contributed by atoms with Crippen LogP contribution in [-0.2, 0) is 19.5 Å². The minimum atomic E-state index is 0.633. The maximum atomic E-state index is 4.08. The van der Waals surface area contributed by atoms with Crippen LogP contribution in [0.2, 0.25) is 0 Å². The average molecular weight is 279 g/mol. The van der Waals surface area contributed by atoms with Gasteiger partial charge < -0.3 is 5.32 Å². The number of rotatable bonds is 7. The maximum Gasteiger partial charge on any atom is 0.165 e. The first-order valence-corrected chi connectivity index (χ1v) is 7.54. The van der Waals surface area contributed by atoms with E-state index in [4.69, 9.17) is 0 Å². The molecule has 0 aliphatic carbocycles. The van der Waals surface area contributed by atoms with Crippen molar-refractivity contribution in [1.82, 2.24) is 25.5 Å². The summed E-state index contributed by atoms with van der Waals surface area (Å²) in [5, 5.41) is 15.3. The van der Waals surface area contributed by atoms with Gasteiger partial charge in [0, 0.05) is 9.75 Å². The summed E-state index contributed by atoms with van der Waals surface area (Å²) < 4.78 is 1.87. The SMILES string of the molecule is CCc1ccc(Cn2nnnc2CNCC(C)C)s1. The zero-order chi connectivity index (χ0) is 13.7. The molecule has 6 heteroatoms. The van der Waals surface area contributed by atoms with E-state index in [0.29, 0.717) is 5.92 Å². The molecule has 0 amide bonds. The number of nitrogens with zero attached hydrogens (tertiary/aromatic N) is 4. The Labute approximate surface area is 118 Å². The van der Waals surface area contributed by atoms with E-state index in [0.717, 1.165) is 31.9 Å². The molecule has 2 aromatic rings. The van der Waals surface area contributed by atoms with Crippen LogP contribution in [0.3, 0.4) is 0 Å². The lowest BCUT2D eigenvalue weighted by molar-refractivity contribution is 0.524. The van der Waals surface area contributed by atoms with Crippen molar-refractivity contribution in [3.8, 4) is 0 Å². The van der Waals surface area contributed by atoms with E-state index in [2.05, 4.69) is 53.7 Å². The Balaban J connectivity index is 1.95. The van der Waals surface area contributed by atoms with Crippen molar-refractivity contribution in [1.29, 1.82) is 0 Å². The van der Waals surface area contributed by atoms with Gasteiger partial charge in [0.05, 0.1) is 13.1 Å². The molecule has 0 radical (unpaired) electrons. The van der Waals surface area contributed by atoms with Crippen molar-refractivity contribution < 1.29 is 0 Å². The first-order chi connectivity index (χ1) is 9.19. The van der Waals surface area contributed by atoms with Gasteiger partial charge in [-0.05, 0) is 41.4 Å². The highest BCUT2D eigenvalue weighted by Crippen LogP contribution is 2.17. The zero-order valence-electron chi connectivity index (χ0n) is 11.8. The van der Waals surface area contributed by atoms with Crippen LogP contribution in [-0.4, -0.2) is 26.8 Å². The Hall–Kier alpha value is -1.27. The second-order valence-electron chi connectivity index (χ2n) is 5.00. The fourth-order valence-corrected chi connectivity index (χ4v) is 2.73. The van der Waals surface area contributed by atoms with Crippen molar-refractivity contribution in [2.45, 2.75) is 40.3 Å². The Bertz CT molecular complexity index is 503. The molecular weight excluding hydrogens is 258 g/mol. The van der Waals surface area contributed by atoms with Crippen molar-refractivity contribution in [3.05, 3.63) is 27.7 Å². The molecule has 0 aliphatic rings. The Kier molecular flexibility index (Phi) is 5.04. The Morgan fingerprint density at radius 2 is 2.11 bits per heavy atom.